The van der Waals surface area contributed by atoms with Gasteiger partial charge in [0.2, 0.25) is 10.0 Å². The second-order valence-electron chi connectivity index (χ2n) is 5.36. The van der Waals surface area contributed by atoms with Crippen molar-refractivity contribution in [2.75, 3.05) is 32.7 Å². The fourth-order valence-corrected chi connectivity index (χ4v) is 3.32. The van der Waals surface area contributed by atoms with Crippen molar-refractivity contribution >= 4 is 10.0 Å². The van der Waals surface area contributed by atoms with Gasteiger partial charge in [0.25, 0.3) is 0 Å². The molecular weight excluding hydrogens is 224 g/mol. The minimum atomic E-state index is -3.13. The first-order chi connectivity index (χ1) is 7.29. The van der Waals surface area contributed by atoms with Crippen LogP contribution in [0, 0.1) is 0 Å². The van der Waals surface area contributed by atoms with Crippen LogP contribution in [0.5, 0.6) is 0 Å². The highest BCUT2D eigenvalue weighted by atomic mass is 32.2. The molecule has 1 aliphatic rings. The van der Waals surface area contributed by atoms with Gasteiger partial charge in [0.1, 0.15) is 0 Å². The number of hydrogen-bond acceptors (Lipinski definition) is 3. The Morgan fingerprint density at radius 1 is 1.06 bits per heavy atom. The van der Waals surface area contributed by atoms with Gasteiger partial charge in [-0.2, -0.15) is 4.31 Å². The van der Waals surface area contributed by atoms with E-state index in [0.29, 0.717) is 13.1 Å². The Balaban J connectivity index is 2.61. The van der Waals surface area contributed by atoms with Crippen LogP contribution in [0.1, 0.15) is 34.1 Å². The smallest absolute Gasteiger partial charge is 0.219 e. The lowest BCUT2D eigenvalue weighted by Crippen LogP contribution is -2.52. The lowest BCUT2D eigenvalue weighted by atomic mass is 10.3. The molecular formula is C11H24N2O2S. The Morgan fingerprint density at radius 3 is 1.94 bits per heavy atom. The molecule has 1 aliphatic heterocycles. The van der Waals surface area contributed by atoms with Gasteiger partial charge in [-0.05, 0) is 33.7 Å². The van der Waals surface area contributed by atoms with E-state index in [-0.39, 0.29) is 0 Å². The summed E-state index contributed by atoms with van der Waals surface area (Å²) in [5.41, 5.74) is 0. The highest BCUT2D eigenvalue weighted by Gasteiger charge is 2.36. The predicted octanol–water partition coefficient (Wildman–Crippen LogP) is 1.14. The number of rotatable bonds is 3. The molecule has 1 fully saturated rings. The van der Waals surface area contributed by atoms with E-state index in [9.17, 15) is 8.42 Å². The molecule has 1 heterocycles. The van der Waals surface area contributed by atoms with Gasteiger partial charge < -0.3 is 4.90 Å². The maximum atomic E-state index is 12.2. The second-order valence-corrected chi connectivity index (χ2v) is 8.05. The second kappa shape index (κ2) is 5.02. The molecule has 0 aromatic rings. The fraction of sp³-hybridized carbons (Fsp3) is 1.00. The molecule has 1 saturated heterocycles. The Hall–Kier alpha value is -0.130. The van der Waals surface area contributed by atoms with Gasteiger partial charge in [-0.1, -0.05) is 6.92 Å². The molecule has 0 aromatic heterocycles. The summed E-state index contributed by atoms with van der Waals surface area (Å²) in [5, 5.41) is 0. The van der Waals surface area contributed by atoms with Gasteiger partial charge in [-0.15, -0.1) is 0 Å². The van der Waals surface area contributed by atoms with E-state index in [1.165, 1.54) is 0 Å². The van der Waals surface area contributed by atoms with Crippen LogP contribution in [0.15, 0.2) is 0 Å². The van der Waals surface area contributed by atoms with E-state index < -0.39 is 14.8 Å². The molecule has 0 aromatic carbocycles. The molecule has 0 N–H and O–H groups in total. The third-order valence-corrected chi connectivity index (χ3v) is 5.58. The van der Waals surface area contributed by atoms with Gasteiger partial charge >= 0.3 is 0 Å². The van der Waals surface area contributed by atoms with Crippen molar-refractivity contribution in [1.82, 2.24) is 9.21 Å². The van der Waals surface area contributed by atoms with E-state index in [0.717, 1.165) is 26.1 Å². The lowest BCUT2D eigenvalue weighted by Gasteiger charge is -2.37. The van der Waals surface area contributed by atoms with Crippen molar-refractivity contribution in [3.8, 4) is 0 Å². The summed E-state index contributed by atoms with van der Waals surface area (Å²) in [5.74, 6) is 0. The van der Waals surface area contributed by atoms with Gasteiger partial charge in [0.05, 0.1) is 4.75 Å². The Kier molecular flexibility index (Phi) is 4.37. The summed E-state index contributed by atoms with van der Waals surface area (Å²) in [6.45, 7) is 11.5. The van der Waals surface area contributed by atoms with E-state index in [2.05, 4.69) is 11.8 Å². The highest BCUT2D eigenvalue weighted by Crippen LogP contribution is 2.21. The Bertz CT molecular complexity index is 311. The van der Waals surface area contributed by atoms with Gasteiger partial charge in [0.15, 0.2) is 0 Å². The standard InChI is InChI=1S/C11H24N2O2S/c1-5-6-12-7-9-13(10-8-12)16(14,15)11(2,3)4/h5-10H2,1-4H3. The van der Waals surface area contributed by atoms with E-state index in [4.69, 9.17) is 0 Å². The quantitative estimate of drug-likeness (QED) is 0.752. The average Bonchev–Trinajstić information content (AvgIpc) is 2.17. The van der Waals surface area contributed by atoms with Gasteiger partial charge in [-0.25, -0.2) is 8.42 Å². The lowest BCUT2D eigenvalue weighted by molar-refractivity contribution is 0.186. The topological polar surface area (TPSA) is 40.6 Å². The number of hydrogen-bond donors (Lipinski definition) is 0. The summed E-state index contributed by atoms with van der Waals surface area (Å²) >= 11 is 0. The van der Waals surface area contributed by atoms with Crippen molar-refractivity contribution < 1.29 is 8.42 Å². The molecule has 0 saturated carbocycles. The van der Waals surface area contributed by atoms with Gasteiger partial charge in [-0.3, -0.25) is 0 Å². The monoisotopic (exact) mass is 248 g/mol. The van der Waals surface area contributed by atoms with Crippen LogP contribution in [0.2, 0.25) is 0 Å². The third-order valence-electron chi connectivity index (χ3n) is 2.98. The van der Waals surface area contributed by atoms with Gasteiger partial charge in [0, 0.05) is 26.2 Å². The largest absolute Gasteiger partial charge is 0.301 e. The minimum Gasteiger partial charge on any atom is -0.301 e. The van der Waals surface area contributed by atoms with E-state index in [1.807, 2.05) is 0 Å². The molecule has 0 spiro atoms. The highest BCUT2D eigenvalue weighted by molar-refractivity contribution is 7.90. The number of nitrogens with zero attached hydrogens (tertiary/aromatic N) is 2. The van der Waals surface area contributed by atoms with Crippen molar-refractivity contribution in [2.45, 2.75) is 38.9 Å². The molecule has 0 radical (unpaired) electrons. The summed E-state index contributed by atoms with van der Waals surface area (Å²) in [6, 6.07) is 0. The molecule has 16 heavy (non-hydrogen) atoms. The zero-order chi connectivity index (χ0) is 12.4. The van der Waals surface area contributed by atoms with Crippen LogP contribution in [0.4, 0.5) is 0 Å². The molecule has 0 atom stereocenters. The molecule has 4 nitrogen and oxygen atoms in total. The molecule has 0 aliphatic carbocycles. The molecule has 0 amide bonds. The third kappa shape index (κ3) is 2.96. The number of piperazine rings is 1. The van der Waals surface area contributed by atoms with E-state index in [1.54, 1.807) is 25.1 Å². The summed E-state index contributed by atoms with van der Waals surface area (Å²) in [7, 11) is -3.13. The van der Waals surface area contributed by atoms with E-state index >= 15 is 0 Å². The molecule has 96 valence electrons. The van der Waals surface area contributed by atoms with Crippen LogP contribution in [-0.4, -0.2) is 55.1 Å². The maximum Gasteiger partial charge on any atom is 0.219 e. The van der Waals surface area contributed by atoms with Crippen molar-refractivity contribution in [3.05, 3.63) is 0 Å². The van der Waals surface area contributed by atoms with Crippen molar-refractivity contribution in [3.63, 3.8) is 0 Å². The molecule has 0 bridgehead atoms. The Labute approximate surface area is 99.7 Å². The zero-order valence-corrected chi connectivity index (χ0v) is 11.7. The van der Waals surface area contributed by atoms with Crippen LogP contribution in [0.3, 0.4) is 0 Å². The summed E-state index contributed by atoms with van der Waals surface area (Å²) in [4.78, 5) is 2.33. The zero-order valence-electron chi connectivity index (χ0n) is 10.9. The molecule has 0 unspecified atom stereocenters. The summed E-state index contributed by atoms with van der Waals surface area (Å²) in [6.07, 6.45) is 1.13. The molecule has 1 rings (SSSR count). The predicted molar refractivity (Wildman–Crippen MR) is 67.0 cm³/mol. The van der Waals surface area contributed by atoms with Crippen LogP contribution < -0.4 is 0 Å². The van der Waals surface area contributed by atoms with Crippen LogP contribution in [0.25, 0.3) is 0 Å². The Morgan fingerprint density at radius 2 is 1.56 bits per heavy atom. The first kappa shape index (κ1) is 13.9. The van der Waals surface area contributed by atoms with Crippen molar-refractivity contribution in [2.24, 2.45) is 0 Å². The summed E-state index contributed by atoms with van der Waals surface area (Å²) < 4.78 is 25.3. The van der Waals surface area contributed by atoms with Crippen LogP contribution >= 0.6 is 0 Å². The maximum absolute atomic E-state index is 12.2. The fourth-order valence-electron chi connectivity index (χ4n) is 1.90. The minimum absolute atomic E-state index is 0.638. The first-order valence-electron chi connectivity index (χ1n) is 6.01. The first-order valence-corrected chi connectivity index (χ1v) is 7.45. The van der Waals surface area contributed by atoms with Crippen LogP contribution in [-0.2, 0) is 10.0 Å². The number of sulfonamides is 1. The molecule has 5 heteroatoms. The average molecular weight is 248 g/mol. The normalized spacial score (nSPS) is 21.2. The van der Waals surface area contributed by atoms with Crippen molar-refractivity contribution in [1.29, 1.82) is 0 Å². The SMILES string of the molecule is CCCN1CCN(S(=O)(=O)C(C)(C)C)CC1.